The Hall–Kier alpha value is -0.750. The lowest BCUT2D eigenvalue weighted by molar-refractivity contribution is -0.120. The molecule has 64 valence electrons. The van der Waals surface area contributed by atoms with Crippen molar-refractivity contribution in [2.45, 2.75) is 11.9 Å². The molecule has 0 aliphatic rings. The second kappa shape index (κ2) is 2.71. The topological polar surface area (TPSA) is 74.3 Å². The summed E-state index contributed by atoms with van der Waals surface area (Å²) in [4.78, 5) is 10.4. The van der Waals surface area contributed by atoms with E-state index in [0.717, 1.165) is 0 Å². The van der Waals surface area contributed by atoms with E-state index < -0.39 is 20.9 Å². The number of alkyl halides is 1. The van der Waals surface area contributed by atoms with Gasteiger partial charge >= 0.3 is 0 Å². The summed E-state index contributed by atoms with van der Waals surface area (Å²) >= 11 is 0. The van der Waals surface area contributed by atoms with Crippen LogP contribution >= 0.6 is 0 Å². The third kappa shape index (κ3) is 1.84. The number of carbonyl (C=O) groups excluding carboxylic acids is 1. The lowest BCUT2D eigenvalue weighted by Crippen LogP contribution is -2.37. The summed E-state index contributed by atoms with van der Waals surface area (Å²) in [7, 11) is -5.25. The molecule has 0 N–H and O–H groups in total. The van der Waals surface area contributed by atoms with Crippen molar-refractivity contribution in [2.75, 3.05) is 0 Å². The van der Waals surface area contributed by atoms with Crippen molar-refractivity contribution in [3.05, 3.63) is 12.7 Å². The Morgan fingerprint density at radius 1 is 1.73 bits per heavy atom. The van der Waals surface area contributed by atoms with E-state index in [1.165, 1.54) is 0 Å². The zero-order valence-electron chi connectivity index (χ0n) is 5.70. The molecule has 0 radical (unpaired) electrons. The fourth-order valence-electron chi connectivity index (χ4n) is 0.306. The van der Waals surface area contributed by atoms with Gasteiger partial charge in [-0.25, -0.2) is 12.8 Å². The molecule has 0 heterocycles. The van der Waals surface area contributed by atoms with Crippen LogP contribution in [0.25, 0.3) is 0 Å². The van der Waals surface area contributed by atoms with E-state index in [4.69, 9.17) is 0 Å². The van der Waals surface area contributed by atoms with Gasteiger partial charge in [0.2, 0.25) is 5.78 Å². The molecule has 0 amide bonds. The Labute approximate surface area is 63.5 Å². The predicted molar refractivity (Wildman–Crippen MR) is 34.4 cm³/mol. The highest BCUT2D eigenvalue weighted by molar-refractivity contribution is 7.87. The average molecular weight is 181 g/mol. The smallest absolute Gasteiger partial charge is 0.257 e. The molecular weight excluding hydrogens is 175 g/mol. The normalized spacial score (nSPS) is 17.0. The first-order chi connectivity index (χ1) is 4.73. The Morgan fingerprint density at radius 3 is 2.18 bits per heavy atom. The number of allylic oxidation sites excluding steroid dienone is 1. The van der Waals surface area contributed by atoms with Crippen LogP contribution in [-0.2, 0) is 14.9 Å². The average Bonchev–Trinajstić information content (AvgIpc) is 1.83. The molecule has 0 aromatic carbocycles. The van der Waals surface area contributed by atoms with Gasteiger partial charge < -0.3 is 4.55 Å². The Balaban J connectivity index is 5.06. The first-order valence-electron chi connectivity index (χ1n) is 2.54. The number of carbonyl (C=O) groups is 1. The van der Waals surface area contributed by atoms with Crippen LogP contribution in [0.15, 0.2) is 12.7 Å². The van der Waals surface area contributed by atoms with Gasteiger partial charge in [0.15, 0.2) is 0 Å². The minimum atomic E-state index is -5.25. The molecule has 4 nitrogen and oxygen atoms in total. The minimum absolute atomic E-state index is 0.388. The zero-order valence-corrected chi connectivity index (χ0v) is 6.52. The first-order valence-corrected chi connectivity index (χ1v) is 3.95. The summed E-state index contributed by atoms with van der Waals surface area (Å²) in [6.07, 6.45) is 0.454. The van der Waals surface area contributed by atoms with Gasteiger partial charge in [-0.05, 0) is 13.0 Å². The minimum Gasteiger partial charge on any atom is -0.745 e. The molecule has 6 heteroatoms. The fourth-order valence-corrected chi connectivity index (χ4v) is 0.635. The molecule has 0 rings (SSSR count). The summed E-state index contributed by atoms with van der Waals surface area (Å²) in [5, 5.41) is -3.39. The van der Waals surface area contributed by atoms with Crippen molar-refractivity contribution in [1.29, 1.82) is 0 Å². The van der Waals surface area contributed by atoms with Crippen LogP contribution in [0.2, 0.25) is 0 Å². The van der Waals surface area contributed by atoms with Gasteiger partial charge in [-0.15, -0.1) is 0 Å². The van der Waals surface area contributed by atoms with E-state index in [0.29, 0.717) is 13.0 Å². The van der Waals surface area contributed by atoms with E-state index in [1.54, 1.807) is 0 Å². The van der Waals surface area contributed by atoms with Crippen molar-refractivity contribution in [1.82, 2.24) is 0 Å². The van der Waals surface area contributed by atoms with Crippen LogP contribution in [0.5, 0.6) is 0 Å². The second-order valence-corrected chi connectivity index (χ2v) is 3.61. The highest BCUT2D eigenvalue weighted by Crippen LogP contribution is 2.18. The molecule has 0 aliphatic heterocycles. The number of hydrogen-bond donors (Lipinski definition) is 0. The maximum Gasteiger partial charge on any atom is 0.257 e. The summed E-state index contributed by atoms with van der Waals surface area (Å²) in [6.45, 7) is 3.24. The summed E-state index contributed by atoms with van der Waals surface area (Å²) in [6, 6.07) is 0. The number of rotatable bonds is 3. The molecular formula is C5H6FO4S-. The highest BCUT2D eigenvalue weighted by atomic mass is 32.2. The van der Waals surface area contributed by atoms with Gasteiger partial charge in [-0.3, -0.25) is 4.79 Å². The molecule has 0 aromatic heterocycles. The van der Waals surface area contributed by atoms with Crippen LogP contribution in [0.3, 0.4) is 0 Å². The van der Waals surface area contributed by atoms with Crippen LogP contribution in [0.4, 0.5) is 4.39 Å². The Kier molecular flexibility index (Phi) is 2.52. The van der Waals surface area contributed by atoms with Gasteiger partial charge in [0.25, 0.3) is 5.00 Å². The molecule has 0 aromatic rings. The van der Waals surface area contributed by atoms with Crippen molar-refractivity contribution in [3.63, 3.8) is 0 Å². The van der Waals surface area contributed by atoms with Crippen molar-refractivity contribution in [2.24, 2.45) is 0 Å². The van der Waals surface area contributed by atoms with Crippen LogP contribution in [-0.4, -0.2) is 23.8 Å². The Bertz CT molecular complexity index is 277. The highest BCUT2D eigenvalue weighted by Gasteiger charge is 2.38. The SMILES string of the molecule is C=CC(=O)C(C)(F)S(=O)(=O)[O-]. The van der Waals surface area contributed by atoms with Crippen molar-refractivity contribution in [3.8, 4) is 0 Å². The standard InChI is InChI=1S/C5H7FO4S/c1-3-4(7)5(2,6)11(8,9)10/h3H,1H2,2H3,(H,8,9,10)/p-1. The second-order valence-electron chi connectivity index (χ2n) is 1.94. The molecule has 0 aliphatic carbocycles. The third-order valence-corrected chi connectivity index (χ3v) is 2.24. The first kappa shape index (κ1) is 10.2. The number of halogens is 1. The van der Waals surface area contributed by atoms with Crippen LogP contribution in [0, 0.1) is 0 Å². The lowest BCUT2D eigenvalue weighted by atomic mass is 10.3. The van der Waals surface area contributed by atoms with E-state index in [2.05, 4.69) is 6.58 Å². The number of ketones is 1. The summed E-state index contributed by atoms with van der Waals surface area (Å²) < 4.78 is 42.8. The van der Waals surface area contributed by atoms with Gasteiger partial charge in [0.1, 0.15) is 10.1 Å². The molecule has 0 fully saturated rings. The van der Waals surface area contributed by atoms with E-state index in [9.17, 15) is 22.2 Å². The van der Waals surface area contributed by atoms with Gasteiger partial charge in [0, 0.05) is 0 Å². The number of hydrogen-bond acceptors (Lipinski definition) is 4. The van der Waals surface area contributed by atoms with Crippen molar-refractivity contribution < 1.29 is 22.2 Å². The summed E-state index contributed by atoms with van der Waals surface area (Å²) in [5.74, 6) is -1.45. The fraction of sp³-hybridized carbons (Fsp3) is 0.400. The summed E-state index contributed by atoms with van der Waals surface area (Å²) in [5.41, 5.74) is 0. The van der Waals surface area contributed by atoms with Crippen LogP contribution in [0.1, 0.15) is 6.92 Å². The van der Waals surface area contributed by atoms with Gasteiger partial charge in [-0.1, -0.05) is 6.58 Å². The molecule has 11 heavy (non-hydrogen) atoms. The monoisotopic (exact) mass is 181 g/mol. The largest absolute Gasteiger partial charge is 0.745 e. The third-order valence-electron chi connectivity index (χ3n) is 1.10. The molecule has 1 unspecified atom stereocenters. The lowest BCUT2D eigenvalue weighted by Gasteiger charge is -2.20. The maximum absolute atomic E-state index is 12.7. The maximum atomic E-state index is 12.7. The zero-order chi connectivity index (χ0) is 9.28. The van der Waals surface area contributed by atoms with E-state index in [-0.39, 0.29) is 0 Å². The van der Waals surface area contributed by atoms with Gasteiger partial charge in [-0.2, -0.15) is 0 Å². The Morgan fingerprint density at radius 2 is 2.09 bits per heavy atom. The quantitative estimate of drug-likeness (QED) is 0.452. The van der Waals surface area contributed by atoms with E-state index in [1.807, 2.05) is 0 Å². The van der Waals surface area contributed by atoms with Gasteiger partial charge in [0.05, 0.1) is 0 Å². The molecule has 0 saturated heterocycles. The predicted octanol–water partition coefficient (Wildman–Crippen LogP) is -0.0276. The molecule has 0 bridgehead atoms. The van der Waals surface area contributed by atoms with E-state index >= 15 is 0 Å². The molecule has 0 saturated carbocycles. The van der Waals surface area contributed by atoms with Crippen LogP contribution < -0.4 is 0 Å². The van der Waals surface area contributed by atoms with Crippen molar-refractivity contribution >= 4 is 15.9 Å². The molecule has 0 spiro atoms. The molecule has 1 atom stereocenters.